The highest BCUT2D eigenvalue weighted by atomic mass is 16.5. The van der Waals surface area contributed by atoms with Gasteiger partial charge in [-0.05, 0) is 11.1 Å². The molecule has 0 saturated carbocycles. The molecular formula is C19H26N4O. The standard InChI is InChI=1S/C19H26N4O/c1-24-19-8-7-17(14-21-19)18(13-20)23-11-9-22(10-12-23)15-16-5-3-2-4-6-16/h2-8,14,18H,9-13,15,20H2,1H3. The molecule has 1 saturated heterocycles. The Morgan fingerprint density at radius 3 is 2.42 bits per heavy atom. The quantitative estimate of drug-likeness (QED) is 0.879. The number of ether oxygens (including phenoxy) is 1. The van der Waals surface area contributed by atoms with E-state index in [4.69, 9.17) is 10.5 Å². The fraction of sp³-hybridized carbons (Fsp3) is 0.421. The Kier molecular flexibility index (Phi) is 5.80. The minimum absolute atomic E-state index is 0.224. The van der Waals surface area contributed by atoms with Gasteiger partial charge in [-0.1, -0.05) is 36.4 Å². The molecule has 1 aromatic carbocycles. The van der Waals surface area contributed by atoms with Gasteiger partial charge in [-0.2, -0.15) is 0 Å². The number of methoxy groups -OCH3 is 1. The number of rotatable bonds is 6. The molecule has 0 aliphatic carbocycles. The van der Waals surface area contributed by atoms with Crippen LogP contribution in [0.2, 0.25) is 0 Å². The minimum atomic E-state index is 0.224. The number of piperazine rings is 1. The lowest BCUT2D eigenvalue weighted by Crippen LogP contribution is -2.48. The molecule has 1 unspecified atom stereocenters. The molecule has 1 aliphatic heterocycles. The Hall–Kier alpha value is -1.95. The van der Waals surface area contributed by atoms with E-state index in [1.165, 1.54) is 5.56 Å². The van der Waals surface area contributed by atoms with Gasteiger partial charge in [-0.3, -0.25) is 9.80 Å². The van der Waals surface area contributed by atoms with E-state index in [0.717, 1.165) is 38.3 Å². The van der Waals surface area contributed by atoms with Crippen molar-refractivity contribution in [1.82, 2.24) is 14.8 Å². The Bertz CT molecular complexity index is 609. The first-order valence-electron chi connectivity index (χ1n) is 8.50. The molecule has 5 nitrogen and oxygen atoms in total. The van der Waals surface area contributed by atoms with Crippen LogP contribution in [-0.2, 0) is 6.54 Å². The van der Waals surface area contributed by atoms with E-state index in [1.807, 2.05) is 12.3 Å². The van der Waals surface area contributed by atoms with E-state index in [1.54, 1.807) is 7.11 Å². The van der Waals surface area contributed by atoms with Crippen LogP contribution in [0.3, 0.4) is 0 Å². The SMILES string of the molecule is COc1ccc(C(CN)N2CCN(Cc3ccccc3)CC2)cn1. The Balaban J connectivity index is 1.57. The van der Waals surface area contributed by atoms with Gasteiger partial charge in [0, 0.05) is 57.6 Å². The van der Waals surface area contributed by atoms with Crippen LogP contribution in [0.5, 0.6) is 5.88 Å². The predicted octanol–water partition coefficient (Wildman–Crippen LogP) is 1.91. The number of nitrogens with zero attached hydrogens (tertiary/aromatic N) is 3. The summed E-state index contributed by atoms with van der Waals surface area (Å²) in [6.45, 7) is 5.81. The fourth-order valence-electron chi connectivity index (χ4n) is 3.28. The predicted molar refractivity (Wildman–Crippen MR) is 95.9 cm³/mol. The summed E-state index contributed by atoms with van der Waals surface area (Å²) >= 11 is 0. The maximum absolute atomic E-state index is 6.05. The fourth-order valence-corrected chi connectivity index (χ4v) is 3.28. The van der Waals surface area contributed by atoms with E-state index in [9.17, 15) is 0 Å². The second kappa shape index (κ2) is 8.24. The lowest BCUT2D eigenvalue weighted by molar-refractivity contribution is 0.0940. The van der Waals surface area contributed by atoms with Gasteiger partial charge in [0.25, 0.3) is 0 Å². The zero-order valence-electron chi connectivity index (χ0n) is 14.3. The molecular weight excluding hydrogens is 300 g/mol. The highest BCUT2D eigenvalue weighted by Crippen LogP contribution is 2.22. The van der Waals surface area contributed by atoms with Gasteiger partial charge in [-0.25, -0.2) is 4.98 Å². The molecule has 1 fully saturated rings. The third-order valence-corrected chi connectivity index (χ3v) is 4.67. The van der Waals surface area contributed by atoms with Crippen LogP contribution in [0, 0.1) is 0 Å². The van der Waals surface area contributed by atoms with Crippen LogP contribution in [0.1, 0.15) is 17.2 Å². The van der Waals surface area contributed by atoms with E-state index in [0.29, 0.717) is 12.4 Å². The lowest BCUT2D eigenvalue weighted by Gasteiger charge is -2.39. The van der Waals surface area contributed by atoms with Crippen molar-refractivity contribution in [1.29, 1.82) is 0 Å². The topological polar surface area (TPSA) is 54.6 Å². The number of pyridine rings is 1. The molecule has 0 radical (unpaired) electrons. The van der Waals surface area contributed by atoms with Crippen molar-refractivity contribution in [3.63, 3.8) is 0 Å². The molecule has 128 valence electrons. The molecule has 0 amide bonds. The summed E-state index contributed by atoms with van der Waals surface area (Å²) in [7, 11) is 1.63. The molecule has 0 bridgehead atoms. The molecule has 2 heterocycles. The summed E-state index contributed by atoms with van der Waals surface area (Å²) in [6, 6.07) is 14.9. The zero-order valence-corrected chi connectivity index (χ0v) is 14.3. The normalized spacial score (nSPS) is 17.6. The highest BCUT2D eigenvalue weighted by Gasteiger charge is 2.24. The summed E-state index contributed by atoms with van der Waals surface area (Å²) in [5.74, 6) is 0.641. The van der Waals surface area contributed by atoms with Crippen molar-refractivity contribution in [2.75, 3.05) is 39.8 Å². The first kappa shape index (κ1) is 16.9. The maximum Gasteiger partial charge on any atom is 0.212 e. The molecule has 5 heteroatoms. The lowest BCUT2D eigenvalue weighted by atomic mass is 10.1. The van der Waals surface area contributed by atoms with Gasteiger partial charge < -0.3 is 10.5 Å². The maximum atomic E-state index is 6.05. The van der Waals surface area contributed by atoms with E-state index in [2.05, 4.69) is 51.2 Å². The largest absolute Gasteiger partial charge is 0.481 e. The Morgan fingerprint density at radius 1 is 1.08 bits per heavy atom. The summed E-state index contributed by atoms with van der Waals surface area (Å²) in [5, 5.41) is 0. The molecule has 1 aromatic heterocycles. The van der Waals surface area contributed by atoms with Gasteiger partial charge in [-0.15, -0.1) is 0 Å². The van der Waals surface area contributed by atoms with Gasteiger partial charge >= 0.3 is 0 Å². The van der Waals surface area contributed by atoms with E-state index < -0.39 is 0 Å². The number of hydrogen-bond acceptors (Lipinski definition) is 5. The summed E-state index contributed by atoms with van der Waals surface area (Å²) < 4.78 is 5.14. The number of hydrogen-bond donors (Lipinski definition) is 1. The number of aromatic nitrogens is 1. The van der Waals surface area contributed by atoms with Gasteiger partial charge in [0.15, 0.2) is 0 Å². The zero-order chi connectivity index (χ0) is 16.8. The minimum Gasteiger partial charge on any atom is -0.481 e. The molecule has 1 aliphatic rings. The van der Waals surface area contributed by atoms with E-state index >= 15 is 0 Å². The monoisotopic (exact) mass is 326 g/mol. The molecule has 2 aromatic rings. The third kappa shape index (κ3) is 4.12. The molecule has 1 atom stereocenters. The van der Waals surface area contributed by atoms with Gasteiger partial charge in [0.1, 0.15) is 0 Å². The van der Waals surface area contributed by atoms with Crippen LogP contribution >= 0.6 is 0 Å². The van der Waals surface area contributed by atoms with Crippen molar-refractivity contribution in [2.24, 2.45) is 5.73 Å². The van der Waals surface area contributed by atoms with Crippen molar-refractivity contribution in [3.05, 3.63) is 59.8 Å². The average Bonchev–Trinajstić information content (AvgIpc) is 2.65. The summed E-state index contributed by atoms with van der Waals surface area (Å²) in [4.78, 5) is 9.29. The van der Waals surface area contributed by atoms with Crippen LogP contribution in [0.25, 0.3) is 0 Å². The molecule has 0 spiro atoms. The Morgan fingerprint density at radius 2 is 1.83 bits per heavy atom. The van der Waals surface area contributed by atoms with Crippen molar-refractivity contribution >= 4 is 0 Å². The van der Waals surface area contributed by atoms with Gasteiger partial charge in [0.05, 0.1) is 7.11 Å². The van der Waals surface area contributed by atoms with Crippen LogP contribution < -0.4 is 10.5 Å². The third-order valence-electron chi connectivity index (χ3n) is 4.67. The van der Waals surface area contributed by atoms with Crippen molar-refractivity contribution < 1.29 is 4.74 Å². The molecule has 3 rings (SSSR count). The second-order valence-electron chi connectivity index (χ2n) is 6.18. The first-order valence-corrected chi connectivity index (χ1v) is 8.50. The molecule has 2 N–H and O–H groups in total. The second-order valence-corrected chi connectivity index (χ2v) is 6.18. The van der Waals surface area contributed by atoms with E-state index in [-0.39, 0.29) is 6.04 Å². The van der Waals surface area contributed by atoms with Crippen LogP contribution in [0.4, 0.5) is 0 Å². The smallest absolute Gasteiger partial charge is 0.212 e. The highest BCUT2D eigenvalue weighted by molar-refractivity contribution is 5.21. The summed E-state index contributed by atoms with van der Waals surface area (Å²) in [5.41, 5.74) is 8.59. The Labute approximate surface area is 144 Å². The summed E-state index contributed by atoms with van der Waals surface area (Å²) in [6.07, 6.45) is 1.88. The number of nitrogens with two attached hydrogens (primary N) is 1. The molecule has 24 heavy (non-hydrogen) atoms. The number of benzene rings is 1. The average molecular weight is 326 g/mol. The van der Waals surface area contributed by atoms with Crippen molar-refractivity contribution in [3.8, 4) is 5.88 Å². The first-order chi connectivity index (χ1) is 11.8. The van der Waals surface area contributed by atoms with Crippen molar-refractivity contribution in [2.45, 2.75) is 12.6 Å². The van der Waals surface area contributed by atoms with Crippen LogP contribution in [0.15, 0.2) is 48.7 Å². The van der Waals surface area contributed by atoms with Gasteiger partial charge in [0.2, 0.25) is 5.88 Å². The van der Waals surface area contributed by atoms with Crippen LogP contribution in [-0.4, -0.2) is 54.6 Å².